The first kappa shape index (κ1) is 28.7. The minimum absolute atomic E-state index is 0.111. The van der Waals surface area contributed by atoms with Gasteiger partial charge in [0, 0.05) is 20.1 Å². The highest BCUT2D eigenvalue weighted by Gasteiger charge is 2.36. The molecule has 1 fully saturated rings. The summed E-state index contributed by atoms with van der Waals surface area (Å²) in [5, 5.41) is 3.77. The molecule has 196 valence electrons. The molecule has 1 aliphatic rings. The molecular formula is C26H17BrCl4N2O4S. The topological polar surface area (TPSA) is 67.9 Å². The minimum Gasteiger partial charge on any atom is -0.490 e. The number of carbonyl (C=O) groups is 2. The molecule has 1 N–H and O–H groups in total. The summed E-state index contributed by atoms with van der Waals surface area (Å²) in [5.41, 5.74) is 1.31. The molecule has 1 heterocycles. The first-order chi connectivity index (χ1) is 18.1. The van der Waals surface area contributed by atoms with Crippen molar-refractivity contribution in [3.05, 3.63) is 89.8 Å². The standard InChI is InChI=1S/C26H17BrCl4N2O4S/c1-2-36-21-9-14(17(27)11-22(21)37-12-13-6-7-15(28)10-19(13)30)8-16-24(34)32-26(38)33(25(16)35)20-5-3-4-18(29)23(20)31/h3-11H,2,12H2,1H3,(H,32,34,38)/b16-8+. The van der Waals surface area contributed by atoms with Gasteiger partial charge in [0.1, 0.15) is 12.2 Å². The van der Waals surface area contributed by atoms with Crippen LogP contribution in [0.15, 0.2) is 58.6 Å². The van der Waals surface area contributed by atoms with E-state index < -0.39 is 11.8 Å². The van der Waals surface area contributed by atoms with Crippen LogP contribution in [0.5, 0.6) is 11.5 Å². The zero-order valence-corrected chi connectivity index (χ0v) is 24.9. The molecule has 38 heavy (non-hydrogen) atoms. The monoisotopic (exact) mass is 672 g/mol. The van der Waals surface area contributed by atoms with Crippen molar-refractivity contribution in [2.75, 3.05) is 11.5 Å². The fourth-order valence-electron chi connectivity index (χ4n) is 3.53. The van der Waals surface area contributed by atoms with E-state index in [9.17, 15) is 9.59 Å². The van der Waals surface area contributed by atoms with E-state index in [1.54, 1.807) is 48.5 Å². The lowest BCUT2D eigenvalue weighted by Gasteiger charge is -2.29. The summed E-state index contributed by atoms with van der Waals surface area (Å²) in [6.07, 6.45) is 1.43. The smallest absolute Gasteiger partial charge is 0.270 e. The van der Waals surface area contributed by atoms with E-state index in [2.05, 4.69) is 21.2 Å². The fourth-order valence-corrected chi connectivity index (χ4v) is 5.09. The molecule has 0 radical (unpaired) electrons. The van der Waals surface area contributed by atoms with Crippen LogP contribution in [0.25, 0.3) is 6.08 Å². The summed E-state index contributed by atoms with van der Waals surface area (Å²) in [5.74, 6) is -0.483. The largest absolute Gasteiger partial charge is 0.490 e. The lowest BCUT2D eigenvalue weighted by atomic mass is 10.1. The molecule has 1 aliphatic heterocycles. The third-order valence-corrected chi connectivity index (χ3v) is 7.70. The van der Waals surface area contributed by atoms with Gasteiger partial charge >= 0.3 is 0 Å². The predicted molar refractivity (Wildman–Crippen MR) is 159 cm³/mol. The Balaban J connectivity index is 1.68. The summed E-state index contributed by atoms with van der Waals surface area (Å²) >= 11 is 33.4. The molecule has 0 bridgehead atoms. The number of benzene rings is 3. The van der Waals surface area contributed by atoms with E-state index in [-0.39, 0.29) is 33.0 Å². The molecule has 0 atom stereocenters. The van der Waals surface area contributed by atoms with Crippen LogP contribution in [0.4, 0.5) is 5.69 Å². The number of carbonyl (C=O) groups excluding carboxylic acids is 2. The average molecular weight is 675 g/mol. The van der Waals surface area contributed by atoms with Crippen LogP contribution in [0.3, 0.4) is 0 Å². The van der Waals surface area contributed by atoms with Gasteiger partial charge in [-0.15, -0.1) is 0 Å². The molecule has 6 nitrogen and oxygen atoms in total. The van der Waals surface area contributed by atoms with Gasteiger partial charge in [-0.25, -0.2) is 0 Å². The molecule has 0 spiro atoms. The van der Waals surface area contributed by atoms with Crippen molar-refractivity contribution in [2.45, 2.75) is 13.5 Å². The first-order valence-electron chi connectivity index (χ1n) is 11.0. The molecule has 0 aliphatic carbocycles. The number of nitrogens with zero attached hydrogens (tertiary/aromatic N) is 1. The SMILES string of the molecule is CCOc1cc(/C=C2\C(=O)NC(=S)N(c3cccc(Cl)c3Cl)C2=O)c(Br)cc1OCc1ccc(Cl)cc1Cl. The van der Waals surface area contributed by atoms with E-state index >= 15 is 0 Å². The molecule has 0 unspecified atom stereocenters. The molecular weight excluding hydrogens is 658 g/mol. The summed E-state index contributed by atoms with van der Waals surface area (Å²) in [6.45, 7) is 2.34. The number of rotatable bonds is 7. The highest BCUT2D eigenvalue weighted by Crippen LogP contribution is 2.38. The maximum Gasteiger partial charge on any atom is 0.270 e. The quantitative estimate of drug-likeness (QED) is 0.157. The number of hydrogen-bond acceptors (Lipinski definition) is 5. The number of halogens is 5. The molecule has 2 amide bonds. The van der Waals surface area contributed by atoms with Gasteiger partial charge in [-0.3, -0.25) is 19.8 Å². The second kappa shape index (κ2) is 12.2. The number of thiocarbonyl (C=S) groups is 1. The Bertz CT molecular complexity index is 1500. The fraction of sp³-hybridized carbons (Fsp3) is 0.115. The third kappa shape index (κ3) is 6.11. The molecule has 3 aromatic rings. The summed E-state index contributed by atoms with van der Waals surface area (Å²) in [7, 11) is 0. The van der Waals surface area contributed by atoms with Crippen molar-refractivity contribution >= 4 is 103 Å². The van der Waals surface area contributed by atoms with Gasteiger partial charge in [0.25, 0.3) is 11.8 Å². The van der Waals surface area contributed by atoms with Gasteiger partial charge in [-0.05, 0) is 67.2 Å². The van der Waals surface area contributed by atoms with Crippen LogP contribution in [0.2, 0.25) is 20.1 Å². The van der Waals surface area contributed by atoms with Crippen molar-refractivity contribution in [3.8, 4) is 11.5 Å². The van der Waals surface area contributed by atoms with E-state index in [1.807, 2.05) is 6.92 Å². The Hall–Kier alpha value is -2.33. The molecule has 0 saturated carbocycles. The highest BCUT2D eigenvalue weighted by atomic mass is 79.9. The number of ether oxygens (including phenoxy) is 2. The lowest BCUT2D eigenvalue weighted by Crippen LogP contribution is -2.54. The second-order valence-electron chi connectivity index (χ2n) is 7.81. The number of amides is 2. The highest BCUT2D eigenvalue weighted by molar-refractivity contribution is 9.10. The van der Waals surface area contributed by atoms with Crippen molar-refractivity contribution in [1.29, 1.82) is 0 Å². The van der Waals surface area contributed by atoms with Crippen LogP contribution >= 0.6 is 74.6 Å². The number of hydrogen-bond donors (Lipinski definition) is 1. The van der Waals surface area contributed by atoms with Crippen LogP contribution in [0, 0.1) is 0 Å². The molecule has 0 aromatic heterocycles. The van der Waals surface area contributed by atoms with Gasteiger partial charge in [0.2, 0.25) is 0 Å². The Morgan fingerprint density at radius 3 is 2.45 bits per heavy atom. The number of anilines is 1. The van der Waals surface area contributed by atoms with E-state index in [0.717, 1.165) is 10.5 Å². The zero-order chi connectivity index (χ0) is 27.6. The number of nitrogens with one attached hydrogen (secondary N) is 1. The van der Waals surface area contributed by atoms with Gasteiger partial charge < -0.3 is 9.47 Å². The minimum atomic E-state index is -0.662. The summed E-state index contributed by atoms with van der Waals surface area (Å²) in [6, 6.07) is 13.3. The molecule has 12 heteroatoms. The zero-order valence-electron chi connectivity index (χ0n) is 19.5. The van der Waals surface area contributed by atoms with Crippen molar-refractivity contribution < 1.29 is 19.1 Å². The first-order valence-corrected chi connectivity index (χ1v) is 13.7. The van der Waals surface area contributed by atoms with Crippen LogP contribution < -0.4 is 19.7 Å². The van der Waals surface area contributed by atoms with Gasteiger partial charge in [0.15, 0.2) is 16.6 Å². The van der Waals surface area contributed by atoms with E-state index in [0.29, 0.717) is 38.2 Å². The third-order valence-electron chi connectivity index (χ3n) is 5.33. The molecule has 1 saturated heterocycles. The van der Waals surface area contributed by atoms with Crippen molar-refractivity contribution in [1.82, 2.24) is 5.32 Å². The van der Waals surface area contributed by atoms with Crippen molar-refractivity contribution in [3.63, 3.8) is 0 Å². The summed E-state index contributed by atoms with van der Waals surface area (Å²) < 4.78 is 12.3. The lowest BCUT2D eigenvalue weighted by molar-refractivity contribution is -0.122. The average Bonchev–Trinajstić information content (AvgIpc) is 2.85. The van der Waals surface area contributed by atoms with E-state index in [4.69, 9.17) is 68.1 Å². The Labute approximate surface area is 252 Å². The Kier molecular flexibility index (Phi) is 9.23. The van der Waals surface area contributed by atoms with Crippen LogP contribution in [-0.4, -0.2) is 23.5 Å². The van der Waals surface area contributed by atoms with Crippen molar-refractivity contribution in [2.24, 2.45) is 0 Å². The molecule has 3 aromatic carbocycles. The Morgan fingerprint density at radius 1 is 1.00 bits per heavy atom. The maximum atomic E-state index is 13.4. The Morgan fingerprint density at radius 2 is 1.74 bits per heavy atom. The van der Waals surface area contributed by atoms with Gasteiger partial charge in [0.05, 0.1) is 22.3 Å². The normalized spacial score (nSPS) is 14.6. The second-order valence-corrected chi connectivity index (χ2v) is 10.7. The van der Waals surface area contributed by atoms with Gasteiger partial charge in [-0.1, -0.05) is 74.5 Å². The van der Waals surface area contributed by atoms with E-state index in [1.165, 1.54) is 6.08 Å². The predicted octanol–water partition coefficient (Wildman–Crippen LogP) is 7.87. The van der Waals surface area contributed by atoms with Crippen LogP contribution in [0.1, 0.15) is 18.1 Å². The maximum absolute atomic E-state index is 13.4. The van der Waals surface area contributed by atoms with Crippen LogP contribution in [-0.2, 0) is 16.2 Å². The van der Waals surface area contributed by atoms with Gasteiger partial charge in [-0.2, -0.15) is 0 Å². The summed E-state index contributed by atoms with van der Waals surface area (Å²) in [4.78, 5) is 27.3. The molecule has 4 rings (SSSR count).